The molecule has 0 fully saturated rings. The highest BCUT2D eigenvalue weighted by atomic mass is 16.3. The van der Waals surface area contributed by atoms with E-state index in [9.17, 15) is 5.11 Å². The molecule has 1 atom stereocenters. The minimum Gasteiger partial charge on any atom is -0.507 e. The minimum atomic E-state index is 0.416. The van der Waals surface area contributed by atoms with Crippen molar-refractivity contribution in [2.75, 3.05) is 20.6 Å². The molecule has 1 unspecified atom stereocenters. The predicted octanol–water partition coefficient (Wildman–Crippen LogP) is 2.44. The molecule has 0 aromatic heterocycles. The molecular formula is C15H26N2O. The van der Waals surface area contributed by atoms with Crippen LogP contribution in [-0.4, -0.2) is 36.7 Å². The Morgan fingerprint density at radius 3 is 2.28 bits per heavy atom. The predicted molar refractivity (Wildman–Crippen MR) is 77.1 cm³/mol. The Labute approximate surface area is 111 Å². The van der Waals surface area contributed by atoms with E-state index in [4.69, 9.17) is 0 Å². The summed E-state index contributed by atoms with van der Waals surface area (Å²) in [7, 11) is 4.19. The smallest absolute Gasteiger partial charge is 0.121 e. The Balaban J connectivity index is 2.48. The highest BCUT2D eigenvalue weighted by molar-refractivity contribution is 5.42. The molecule has 102 valence electrons. The summed E-state index contributed by atoms with van der Waals surface area (Å²) in [6.45, 7) is 8.06. The highest BCUT2D eigenvalue weighted by Gasteiger charge is 2.05. The van der Waals surface area contributed by atoms with Gasteiger partial charge in [-0.2, -0.15) is 0 Å². The number of rotatable bonds is 6. The van der Waals surface area contributed by atoms with Gasteiger partial charge in [0.2, 0.25) is 0 Å². The van der Waals surface area contributed by atoms with E-state index in [2.05, 4.69) is 31.2 Å². The monoisotopic (exact) mass is 250 g/mol. The number of phenols is 1. The fourth-order valence-corrected chi connectivity index (χ4v) is 1.99. The first kappa shape index (κ1) is 15.0. The van der Waals surface area contributed by atoms with Crippen LogP contribution in [0.2, 0.25) is 0 Å². The summed E-state index contributed by atoms with van der Waals surface area (Å²) in [6, 6.07) is 4.60. The van der Waals surface area contributed by atoms with Crippen LogP contribution in [0, 0.1) is 13.8 Å². The van der Waals surface area contributed by atoms with Crippen LogP contribution in [0.4, 0.5) is 0 Å². The zero-order valence-corrected chi connectivity index (χ0v) is 12.2. The Kier molecular flexibility index (Phi) is 5.63. The zero-order chi connectivity index (χ0) is 13.7. The van der Waals surface area contributed by atoms with E-state index in [1.165, 1.54) is 5.56 Å². The van der Waals surface area contributed by atoms with Gasteiger partial charge < -0.3 is 15.3 Å². The van der Waals surface area contributed by atoms with Crippen LogP contribution in [0.1, 0.15) is 30.0 Å². The molecular weight excluding hydrogens is 224 g/mol. The maximum Gasteiger partial charge on any atom is 0.121 e. The van der Waals surface area contributed by atoms with Gasteiger partial charge in [-0.25, -0.2) is 0 Å². The maximum atomic E-state index is 9.73. The number of hydrogen-bond donors (Lipinski definition) is 2. The van der Waals surface area contributed by atoms with E-state index in [1.54, 1.807) is 0 Å². The molecule has 1 rings (SSSR count). The summed E-state index contributed by atoms with van der Waals surface area (Å²) in [5, 5.41) is 13.2. The molecule has 3 heteroatoms. The SMILES string of the molecule is Cc1cc(CNC(C)CCN(C)C)cc(C)c1O. The van der Waals surface area contributed by atoms with Crippen LogP contribution >= 0.6 is 0 Å². The molecule has 0 aliphatic rings. The number of hydrogen-bond acceptors (Lipinski definition) is 3. The molecule has 0 radical (unpaired) electrons. The summed E-state index contributed by atoms with van der Waals surface area (Å²) in [6.07, 6.45) is 1.14. The number of nitrogens with one attached hydrogen (secondary N) is 1. The second-order valence-electron chi connectivity index (χ2n) is 5.45. The summed E-state index contributed by atoms with van der Waals surface area (Å²) < 4.78 is 0. The zero-order valence-electron chi connectivity index (χ0n) is 12.2. The molecule has 0 heterocycles. The average Bonchev–Trinajstić information content (AvgIpc) is 2.30. The van der Waals surface area contributed by atoms with Crippen LogP contribution in [-0.2, 0) is 6.54 Å². The van der Waals surface area contributed by atoms with Crippen molar-refractivity contribution in [3.8, 4) is 5.75 Å². The van der Waals surface area contributed by atoms with Crippen molar-refractivity contribution in [3.05, 3.63) is 28.8 Å². The molecule has 1 aromatic carbocycles. The van der Waals surface area contributed by atoms with Gasteiger partial charge in [0, 0.05) is 12.6 Å². The summed E-state index contributed by atoms with van der Waals surface area (Å²) >= 11 is 0. The second-order valence-corrected chi connectivity index (χ2v) is 5.45. The number of nitrogens with zero attached hydrogens (tertiary/aromatic N) is 1. The lowest BCUT2D eigenvalue weighted by molar-refractivity contribution is 0.365. The number of aryl methyl sites for hydroxylation is 2. The molecule has 0 bridgehead atoms. The van der Waals surface area contributed by atoms with Crippen molar-refractivity contribution in [3.63, 3.8) is 0 Å². The quantitative estimate of drug-likeness (QED) is 0.814. The van der Waals surface area contributed by atoms with Crippen molar-refractivity contribution >= 4 is 0 Å². The van der Waals surface area contributed by atoms with Gasteiger partial charge >= 0.3 is 0 Å². The molecule has 0 amide bonds. The summed E-state index contributed by atoms with van der Waals surface area (Å²) in [4.78, 5) is 2.20. The Morgan fingerprint density at radius 2 is 1.78 bits per heavy atom. The van der Waals surface area contributed by atoms with Gasteiger partial charge in [-0.3, -0.25) is 0 Å². The van der Waals surface area contributed by atoms with Gasteiger partial charge in [0.25, 0.3) is 0 Å². The molecule has 0 aliphatic carbocycles. The van der Waals surface area contributed by atoms with Crippen LogP contribution in [0.25, 0.3) is 0 Å². The lowest BCUT2D eigenvalue weighted by Crippen LogP contribution is -2.29. The van der Waals surface area contributed by atoms with Crippen molar-refractivity contribution < 1.29 is 5.11 Å². The van der Waals surface area contributed by atoms with Crippen molar-refractivity contribution in [2.45, 2.75) is 39.8 Å². The van der Waals surface area contributed by atoms with E-state index in [-0.39, 0.29) is 0 Å². The van der Waals surface area contributed by atoms with Crippen LogP contribution < -0.4 is 5.32 Å². The first-order chi connectivity index (χ1) is 8.40. The maximum absolute atomic E-state index is 9.73. The summed E-state index contributed by atoms with van der Waals surface area (Å²) in [5.41, 5.74) is 3.14. The Hall–Kier alpha value is -1.06. The lowest BCUT2D eigenvalue weighted by atomic mass is 10.1. The Bertz CT molecular complexity index is 365. The van der Waals surface area contributed by atoms with E-state index < -0.39 is 0 Å². The van der Waals surface area contributed by atoms with Crippen LogP contribution in [0.5, 0.6) is 5.75 Å². The third-order valence-corrected chi connectivity index (χ3v) is 3.21. The third-order valence-electron chi connectivity index (χ3n) is 3.21. The average molecular weight is 250 g/mol. The van der Waals surface area contributed by atoms with Gasteiger partial charge in [-0.1, -0.05) is 12.1 Å². The van der Waals surface area contributed by atoms with E-state index in [0.29, 0.717) is 11.8 Å². The van der Waals surface area contributed by atoms with Crippen molar-refractivity contribution in [1.29, 1.82) is 0 Å². The molecule has 18 heavy (non-hydrogen) atoms. The topological polar surface area (TPSA) is 35.5 Å². The molecule has 1 aromatic rings. The first-order valence-corrected chi connectivity index (χ1v) is 6.57. The number of phenolic OH excluding ortho intramolecular Hbond substituents is 1. The Morgan fingerprint density at radius 1 is 1.22 bits per heavy atom. The number of benzene rings is 1. The van der Waals surface area contributed by atoms with Crippen LogP contribution in [0.15, 0.2) is 12.1 Å². The van der Waals surface area contributed by atoms with E-state index >= 15 is 0 Å². The van der Waals surface area contributed by atoms with Gasteiger partial charge in [-0.15, -0.1) is 0 Å². The van der Waals surface area contributed by atoms with Gasteiger partial charge in [-0.05, 0) is 64.5 Å². The molecule has 0 saturated carbocycles. The highest BCUT2D eigenvalue weighted by Crippen LogP contribution is 2.22. The lowest BCUT2D eigenvalue weighted by Gasteiger charge is -2.17. The van der Waals surface area contributed by atoms with Gasteiger partial charge in [0.05, 0.1) is 0 Å². The standard InChI is InChI=1S/C15H26N2O/c1-11-8-14(9-12(2)15(11)18)10-16-13(3)6-7-17(4)5/h8-9,13,16,18H,6-7,10H2,1-5H3. The molecule has 0 saturated heterocycles. The van der Waals surface area contributed by atoms with Gasteiger partial charge in [0.15, 0.2) is 0 Å². The van der Waals surface area contributed by atoms with E-state index in [1.807, 2.05) is 26.0 Å². The molecule has 0 spiro atoms. The molecule has 2 N–H and O–H groups in total. The molecule has 3 nitrogen and oxygen atoms in total. The first-order valence-electron chi connectivity index (χ1n) is 6.57. The fourth-order valence-electron chi connectivity index (χ4n) is 1.99. The van der Waals surface area contributed by atoms with E-state index in [0.717, 1.165) is 30.6 Å². The normalized spacial score (nSPS) is 13.0. The fraction of sp³-hybridized carbons (Fsp3) is 0.600. The largest absolute Gasteiger partial charge is 0.507 e. The minimum absolute atomic E-state index is 0.416. The third kappa shape index (κ3) is 4.67. The summed E-state index contributed by atoms with van der Waals surface area (Å²) in [5.74, 6) is 0.416. The second kappa shape index (κ2) is 6.76. The molecule has 0 aliphatic heterocycles. The van der Waals surface area contributed by atoms with Gasteiger partial charge in [0.1, 0.15) is 5.75 Å². The van der Waals surface area contributed by atoms with Crippen LogP contribution in [0.3, 0.4) is 0 Å². The van der Waals surface area contributed by atoms with Crippen molar-refractivity contribution in [2.24, 2.45) is 0 Å². The van der Waals surface area contributed by atoms with Crippen molar-refractivity contribution in [1.82, 2.24) is 10.2 Å². The number of aromatic hydroxyl groups is 1.